The van der Waals surface area contributed by atoms with E-state index < -0.39 is 0 Å². The summed E-state index contributed by atoms with van der Waals surface area (Å²) < 4.78 is 1.89. The van der Waals surface area contributed by atoms with E-state index in [4.69, 9.17) is 0 Å². The van der Waals surface area contributed by atoms with Gasteiger partial charge in [0.15, 0.2) is 0 Å². The van der Waals surface area contributed by atoms with Crippen molar-refractivity contribution in [3.8, 4) is 0 Å². The maximum Gasteiger partial charge on any atom is 0.137 e. The van der Waals surface area contributed by atoms with E-state index in [-0.39, 0.29) is 0 Å². The van der Waals surface area contributed by atoms with E-state index >= 15 is 0 Å². The van der Waals surface area contributed by atoms with Crippen molar-refractivity contribution in [2.75, 3.05) is 19.6 Å². The molecule has 0 saturated carbocycles. The summed E-state index contributed by atoms with van der Waals surface area (Å²) in [6.07, 6.45) is 3.36. The van der Waals surface area contributed by atoms with E-state index in [0.29, 0.717) is 12.1 Å². The number of rotatable bonds is 3. The molecule has 0 bridgehead atoms. The van der Waals surface area contributed by atoms with Gasteiger partial charge in [0.05, 0.1) is 6.54 Å². The average Bonchev–Trinajstić information content (AvgIpc) is 2.65. The molecule has 1 aliphatic heterocycles. The largest absolute Gasteiger partial charge is 0.309 e. The van der Waals surface area contributed by atoms with Gasteiger partial charge < -0.3 is 5.32 Å². The van der Waals surface area contributed by atoms with Crippen molar-refractivity contribution in [3.63, 3.8) is 0 Å². The van der Waals surface area contributed by atoms with Crippen molar-refractivity contribution in [2.45, 2.75) is 32.5 Å². The fraction of sp³-hybridized carbons (Fsp3) is 0.800. The zero-order chi connectivity index (χ0) is 10.7. The van der Waals surface area contributed by atoms with Gasteiger partial charge in [0.1, 0.15) is 12.7 Å². The van der Waals surface area contributed by atoms with Crippen LogP contribution in [-0.2, 0) is 6.54 Å². The van der Waals surface area contributed by atoms with Crippen molar-refractivity contribution in [1.82, 2.24) is 25.0 Å². The molecule has 1 aromatic rings. The Hall–Kier alpha value is -0.940. The van der Waals surface area contributed by atoms with Crippen LogP contribution in [0.3, 0.4) is 0 Å². The molecule has 1 aromatic heterocycles. The normalized spacial score (nSPS) is 28.1. The first-order valence-electron chi connectivity index (χ1n) is 5.55. The van der Waals surface area contributed by atoms with E-state index in [2.05, 4.69) is 34.1 Å². The Morgan fingerprint density at radius 1 is 1.27 bits per heavy atom. The highest BCUT2D eigenvalue weighted by molar-refractivity contribution is 4.80. The van der Waals surface area contributed by atoms with E-state index in [9.17, 15) is 0 Å². The standard InChI is InChI=1S/C10H19N5/c1-9-5-14(6-10(2)13-9)3-4-15-8-11-7-12-15/h7-10,13H,3-6H2,1-2H3. The molecule has 2 heterocycles. The Morgan fingerprint density at radius 3 is 2.60 bits per heavy atom. The Kier molecular flexibility index (Phi) is 3.33. The summed E-state index contributed by atoms with van der Waals surface area (Å²) in [6.45, 7) is 8.70. The van der Waals surface area contributed by atoms with Crippen molar-refractivity contribution in [2.24, 2.45) is 0 Å². The summed E-state index contributed by atoms with van der Waals surface area (Å²) in [5.41, 5.74) is 0. The molecule has 0 amide bonds. The van der Waals surface area contributed by atoms with Crippen molar-refractivity contribution < 1.29 is 0 Å². The van der Waals surface area contributed by atoms with E-state index in [1.54, 1.807) is 12.7 Å². The Bertz CT molecular complexity index is 274. The van der Waals surface area contributed by atoms with Crippen LogP contribution in [0.5, 0.6) is 0 Å². The molecule has 5 nitrogen and oxygen atoms in total. The number of hydrogen-bond acceptors (Lipinski definition) is 4. The van der Waals surface area contributed by atoms with Crippen LogP contribution in [0.2, 0.25) is 0 Å². The molecule has 84 valence electrons. The predicted octanol–water partition coefficient (Wildman–Crippen LogP) is -0.0397. The number of aromatic nitrogens is 3. The third-order valence-electron chi connectivity index (χ3n) is 2.75. The minimum atomic E-state index is 0.587. The fourth-order valence-corrected chi connectivity index (χ4v) is 2.21. The molecule has 2 atom stereocenters. The molecule has 0 aliphatic carbocycles. The minimum Gasteiger partial charge on any atom is -0.309 e. The van der Waals surface area contributed by atoms with Crippen molar-refractivity contribution in [1.29, 1.82) is 0 Å². The van der Waals surface area contributed by atoms with Gasteiger partial charge in [0, 0.05) is 31.7 Å². The molecule has 0 radical (unpaired) electrons. The number of hydrogen-bond donors (Lipinski definition) is 1. The molecule has 0 spiro atoms. The molecule has 1 aliphatic rings. The van der Waals surface area contributed by atoms with Crippen LogP contribution >= 0.6 is 0 Å². The second-order valence-electron chi connectivity index (χ2n) is 4.39. The predicted molar refractivity (Wildman–Crippen MR) is 58.5 cm³/mol. The maximum absolute atomic E-state index is 4.10. The smallest absolute Gasteiger partial charge is 0.137 e. The van der Waals surface area contributed by atoms with Crippen LogP contribution in [-0.4, -0.2) is 51.4 Å². The van der Waals surface area contributed by atoms with Gasteiger partial charge in [-0.25, -0.2) is 4.98 Å². The third kappa shape index (κ3) is 3.00. The molecule has 0 aromatic carbocycles. The van der Waals surface area contributed by atoms with Gasteiger partial charge in [-0.15, -0.1) is 0 Å². The van der Waals surface area contributed by atoms with Gasteiger partial charge >= 0.3 is 0 Å². The Balaban J connectivity index is 1.79. The zero-order valence-corrected chi connectivity index (χ0v) is 9.43. The van der Waals surface area contributed by atoms with Gasteiger partial charge in [-0.2, -0.15) is 5.10 Å². The van der Waals surface area contributed by atoms with Gasteiger partial charge in [-0.3, -0.25) is 9.58 Å². The molecule has 5 heteroatoms. The molecular weight excluding hydrogens is 190 g/mol. The molecule has 1 saturated heterocycles. The van der Waals surface area contributed by atoms with Crippen molar-refractivity contribution in [3.05, 3.63) is 12.7 Å². The van der Waals surface area contributed by atoms with E-state index in [1.807, 2.05) is 4.68 Å². The lowest BCUT2D eigenvalue weighted by Crippen LogP contribution is -2.54. The summed E-state index contributed by atoms with van der Waals surface area (Å²) in [4.78, 5) is 6.42. The molecule has 2 rings (SSSR count). The Morgan fingerprint density at radius 2 is 2.00 bits per heavy atom. The second kappa shape index (κ2) is 4.72. The number of piperazine rings is 1. The van der Waals surface area contributed by atoms with Crippen LogP contribution in [0.4, 0.5) is 0 Å². The molecule has 15 heavy (non-hydrogen) atoms. The monoisotopic (exact) mass is 209 g/mol. The van der Waals surface area contributed by atoms with Crippen LogP contribution in [0.1, 0.15) is 13.8 Å². The van der Waals surface area contributed by atoms with Crippen LogP contribution in [0.15, 0.2) is 12.7 Å². The number of nitrogens with one attached hydrogen (secondary N) is 1. The quantitative estimate of drug-likeness (QED) is 0.759. The first kappa shape index (κ1) is 10.6. The summed E-state index contributed by atoms with van der Waals surface area (Å²) in [7, 11) is 0. The van der Waals surface area contributed by atoms with Gasteiger partial charge in [0.25, 0.3) is 0 Å². The molecule has 1 fully saturated rings. The highest BCUT2D eigenvalue weighted by Gasteiger charge is 2.20. The first-order valence-corrected chi connectivity index (χ1v) is 5.55. The van der Waals surface area contributed by atoms with Gasteiger partial charge in [-0.1, -0.05) is 0 Å². The summed E-state index contributed by atoms with van der Waals surface area (Å²) in [5.74, 6) is 0. The summed E-state index contributed by atoms with van der Waals surface area (Å²) in [6, 6.07) is 1.17. The fourth-order valence-electron chi connectivity index (χ4n) is 2.21. The lowest BCUT2D eigenvalue weighted by molar-refractivity contribution is 0.166. The minimum absolute atomic E-state index is 0.587. The van der Waals surface area contributed by atoms with Gasteiger partial charge in [0.2, 0.25) is 0 Å². The van der Waals surface area contributed by atoms with Crippen molar-refractivity contribution >= 4 is 0 Å². The van der Waals surface area contributed by atoms with Crippen LogP contribution in [0, 0.1) is 0 Å². The van der Waals surface area contributed by atoms with E-state index in [0.717, 1.165) is 26.2 Å². The topological polar surface area (TPSA) is 46.0 Å². The molecule has 2 unspecified atom stereocenters. The maximum atomic E-state index is 4.10. The third-order valence-corrected chi connectivity index (χ3v) is 2.75. The highest BCUT2D eigenvalue weighted by Crippen LogP contribution is 2.03. The van der Waals surface area contributed by atoms with E-state index in [1.165, 1.54) is 0 Å². The average molecular weight is 209 g/mol. The molecular formula is C10H19N5. The van der Waals surface area contributed by atoms with Crippen LogP contribution < -0.4 is 5.32 Å². The lowest BCUT2D eigenvalue weighted by Gasteiger charge is -2.36. The molecule has 1 N–H and O–H groups in total. The van der Waals surface area contributed by atoms with Crippen LogP contribution in [0.25, 0.3) is 0 Å². The van der Waals surface area contributed by atoms with Gasteiger partial charge in [-0.05, 0) is 13.8 Å². The lowest BCUT2D eigenvalue weighted by atomic mass is 10.1. The second-order valence-corrected chi connectivity index (χ2v) is 4.39. The number of nitrogens with zero attached hydrogens (tertiary/aromatic N) is 4. The first-order chi connectivity index (χ1) is 7.24. The summed E-state index contributed by atoms with van der Waals surface area (Å²) >= 11 is 0. The summed E-state index contributed by atoms with van der Waals surface area (Å²) in [5, 5.41) is 7.63. The SMILES string of the molecule is CC1CN(CCn2cncn2)CC(C)N1. The highest BCUT2D eigenvalue weighted by atomic mass is 15.3. The zero-order valence-electron chi connectivity index (χ0n) is 9.43. The Labute approximate surface area is 90.5 Å².